The van der Waals surface area contributed by atoms with E-state index >= 15 is 0 Å². The fraction of sp³-hybridized carbons (Fsp3) is 0.500. The van der Waals surface area contributed by atoms with Gasteiger partial charge in [0.05, 0.1) is 15.6 Å². The molecule has 0 aliphatic carbocycles. The van der Waals surface area contributed by atoms with Gasteiger partial charge < -0.3 is 10.1 Å². The molecule has 2 nitrogen and oxygen atoms in total. The second kappa shape index (κ2) is 8.35. The zero-order valence-corrected chi connectivity index (χ0v) is 14.2. The van der Waals surface area contributed by atoms with E-state index in [0.29, 0.717) is 12.6 Å². The highest BCUT2D eigenvalue weighted by atomic mass is 79.9. The number of nitrogens with one attached hydrogen (secondary N) is 1. The van der Waals surface area contributed by atoms with Gasteiger partial charge in [-0.05, 0) is 56.5 Å². The van der Waals surface area contributed by atoms with E-state index in [0.717, 1.165) is 21.2 Å². The number of hydrogen-bond donors (Lipinski definition) is 1. The highest BCUT2D eigenvalue weighted by Gasteiger charge is 2.08. The Morgan fingerprint density at radius 3 is 2.18 bits per heavy atom. The largest absolute Gasteiger partial charge is 0.492 e. The van der Waals surface area contributed by atoms with Crippen LogP contribution in [0.1, 0.15) is 26.3 Å². The molecule has 0 aromatic heterocycles. The van der Waals surface area contributed by atoms with Gasteiger partial charge in [-0.2, -0.15) is 0 Å². The predicted octanol–water partition coefficient (Wildman–Crippen LogP) is 4.53. The van der Waals surface area contributed by atoms with Gasteiger partial charge in [0.1, 0.15) is 5.75 Å². The van der Waals surface area contributed by atoms with Gasteiger partial charge in [-0.15, -0.1) is 12.4 Å². The Morgan fingerprint density at radius 2 is 1.76 bits per heavy atom. The molecule has 0 atom stereocenters. The van der Waals surface area contributed by atoms with Gasteiger partial charge in [-0.1, -0.05) is 13.8 Å². The van der Waals surface area contributed by atoms with Crippen molar-refractivity contribution in [3.8, 4) is 5.75 Å². The van der Waals surface area contributed by atoms with Crippen molar-refractivity contribution in [3.05, 3.63) is 26.6 Å². The Bertz CT molecular complexity index is 335. The number of halogens is 3. The molecule has 0 radical (unpaired) electrons. The minimum atomic E-state index is 0. The van der Waals surface area contributed by atoms with E-state index in [4.69, 9.17) is 4.74 Å². The molecular formula is C12H18Br2ClNO. The highest BCUT2D eigenvalue weighted by Crippen LogP contribution is 2.34. The molecule has 1 aromatic carbocycles. The topological polar surface area (TPSA) is 21.3 Å². The number of hydrogen-bond acceptors (Lipinski definition) is 2. The van der Waals surface area contributed by atoms with Crippen molar-refractivity contribution >= 4 is 44.3 Å². The van der Waals surface area contributed by atoms with E-state index in [1.807, 2.05) is 6.92 Å². The molecule has 0 amide bonds. The third kappa shape index (κ3) is 5.60. The van der Waals surface area contributed by atoms with Crippen LogP contribution in [0.2, 0.25) is 0 Å². The van der Waals surface area contributed by atoms with E-state index in [9.17, 15) is 0 Å². The third-order valence-corrected chi connectivity index (χ3v) is 3.24. The fourth-order valence-corrected chi connectivity index (χ4v) is 2.83. The van der Waals surface area contributed by atoms with Gasteiger partial charge in [-0.3, -0.25) is 0 Å². The van der Waals surface area contributed by atoms with Crippen molar-refractivity contribution in [2.24, 2.45) is 0 Å². The summed E-state index contributed by atoms with van der Waals surface area (Å²) >= 11 is 7.05. The van der Waals surface area contributed by atoms with Crippen molar-refractivity contribution in [2.45, 2.75) is 33.4 Å². The number of rotatable bonds is 5. The number of ether oxygens (including phenoxy) is 1. The lowest BCUT2D eigenvalue weighted by Gasteiger charge is -2.12. The second-order valence-corrected chi connectivity index (χ2v) is 5.57. The second-order valence-electron chi connectivity index (χ2n) is 3.86. The smallest absolute Gasteiger partial charge is 0.147 e. The summed E-state index contributed by atoms with van der Waals surface area (Å²) in [4.78, 5) is 0. The van der Waals surface area contributed by atoms with Crippen molar-refractivity contribution in [2.75, 3.05) is 6.61 Å². The van der Waals surface area contributed by atoms with Crippen LogP contribution in [0.3, 0.4) is 0 Å². The molecule has 0 aliphatic rings. The Morgan fingerprint density at radius 1 is 1.24 bits per heavy atom. The van der Waals surface area contributed by atoms with Crippen LogP contribution in [0.25, 0.3) is 0 Å². The molecule has 0 aliphatic heterocycles. The van der Waals surface area contributed by atoms with Gasteiger partial charge in [0, 0.05) is 12.6 Å². The molecule has 1 N–H and O–H groups in total. The quantitative estimate of drug-likeness (QED) is 0.801. The summed E-state index contributed by atoms with van der Waals surface area (Å²) in [6.45, 7) is 7.78. The van der Waals surface area contributed by atoms with Crippen LogP contribution in [-0.4, -0.2) is 12.6 Å². The first-order valence-electron chi connectivity index (χ1n) is 5.38. The number of benzene rings is 1. The van der Waals surface area contributed by atoms with Gasteiger partial charge in [0.2, 0.25) is 0 Å². The maximum Gasteiger partial charge on any atom is 0.147 e. The van der Waals surface area contributed by atoms with Gasteiger partial charge in [0.15, 0.2) is 0 Å². The summed E-state index contributed by atoms with van der Waals surface area (Å²) in [5.41, 5.74) is 1.23. The zero-order valence-electron chi connectivity index (χ0n) is 10.2. The predicted molar refractivity (Wildman–Crippen MR) is 82.2 cm³/mol. The summed E-state index contributed by atoms with van der Waals surface area (Å²) in [7, 11) is 0. The Balaban J connectivity index is 0.00000256. The molecule has 0 bridgehead atoms. The third-order valence-electron chi connectivity index (χ3n) is 2.06. The first-order valence-corrected chi connectivity index (χ1v) is 6.97. The van der Waals surface area contributed by atoms with Crippen molar-refractivity contribution < 1.29 is 4.74 Å². The SMILES string of the molecule is CCOc1c(Br)cc(CNC(C)C)cc1Br.Cl. The normalized spacial score (nSPS) is 10.2. The maximum atomic E-state index is 5.53. The molecule has 0 fully saturated rings. The van der Waals surface area contributed by atoms with Crippen LogP contribution in [0.4, 0.5) is 0 Å². The standard InChI is InChI=1S/C12H17Br2NO.ClH/c1-4-16-12-10(13)5-9(6-11(12)14)7-15-8(2)3;/h5-6,8,15H,4,7H2,1-3H3;1H. The molecular weight excluding hydrogens is 369 g/mol. The molecule has 0 unspecified atom stereocenters. The van der Waals surface area contributed by atoms with E-state index in [1.54, 1.807) is 0 Å². The van der Waals surface area contributed by atoms with Crippen molar-refractivity contribution in [3.63, 3.8) is 0 Å². The maximum absolute atomic E-state index is 5.53. The molecule has 0 heterocycles. The van der Waals surface area contributed by atoms with Crippen molar-refractivity contribution in [1.82, 2.24) is 5.32 Å². The van der Waals surface area contributed by atoms with E-state index < -0.39 is 0 Å². The summed E-state index contributed by atoms with van der Waals surface area (Å²) in [6.07, 6.45) is 0. The average Bonchev–Trinajstić information content (AvgIpc) is 2.20. The van der Waals surface area contributed by atoms with Gasteiger partial charge >= 0.3 is 0 Å². The summed E-state index contributed by atoms with van der Waals surface area (Å²) < 4.78 is 7.51. The van der Waals surface area contributed by atoms with Crippen LogP contribution in [0.5, 0.6) is 5.75 Å². The minimum Gasteiger partial charge on any atom is -0.492 e. The molecule has 5 heteroatoms. The highest BCUT2D eigenvalue weighted by molar-refractivity contribution is 9.11. The molecule has 0 spiro atoms. The van der Waals surface area contributed by atoms with Crippen LogP contribution < -0.4 is 10.1 Å². The molecule has 17 heavy (non-hydrogen) atoms. The summed E-state index contributed by atoms with van der Waals surface area (Å²) in [5.74, 6) is 0.871. The summed E-state index contributed by atoms with van der Waals surface area (Å²) in [6, 6.07) is 4.67. The van der Waals surface area contributed by atoms with E-state index in [-0.39, 0.29) is 12.4 Å². The van der Waals surface area contributed by atoms with E-state index in [1.165, 1.54) is 5.56 Å². The van der Waals surface area contributed by atoms with Crippen molar-refractivity contribution in [1.29, 1.82) is 0 Å². The van der Waals surface area contributed by atoms with Gasteiger partial charge in [-0.25, -0.2) is 0 Å². The zero-order chi connectivity index (χ0) is 12.1. The van der Waals surface area contributed by atoms with Crippen LogP contribution >= 0.6 is 44.3 Å². The van der Waals surface area contributed by atoms with Crippen LogP contribution in [0, 0.1) is 0 Å². The monoisotopic (exact) mass is 385 g/mol. The molecule has 0 saturated carbocycles. The lowest BCUT2D eigenvalue weighted by molar-refractivity contribution is 0.336. The minimum absolute atomic E-state index is 0. The Hall–Kier alpha value is 0.230. The van der Waals surface area contributed by atoms with E-state index in [2.05, 4.69) is 63.2 Å². The first-order chi connectivity index (χ1) is 7.54. The Kier molecular flexibility index (Phi) is 8.47. The fourth-order valence-electron chi connectivity index (χ4n) is 1.32. The molecule has 98 valence electrons. The Labute approximate surface area is 126 Å². The lowest BCUT2D eigenvalue weighted by atomic mass is 10.2. The molecule has 0 saturated heterocycles. The first kappa shape index (κ1) is 17.2. The summed E-state index contributed by atoms with van der Waals surface area (Å²) in [5, 5.41) is 3.39. The average molecular weight is 388 g/mol. The molecule has 1 aromatic rings. The lowest BCUT2D eigenvalue weighted by Crippen LogP contribution is -2.21. The molecule has 1 rings (SSSR count). The van der Waals surface area contributed by atoms with Gasteiger partial charge in [0.25, 0.3) is 0 Å². The van der Waals surface area contributed by atoms with Crippen LogP contribution in [-0.2, 0) is 6.54 Å². The van der Waals surface area contributed by atoms with Crippen LogP contribution in [0.15, 0.2) is 21.1 Å².